The van der Waals surface area contributed by atoms with Crippen LogP contribution in [0.4, 0.5) is 13.2 Å². The molecule has 0 aliphatic heterocycles. The number of alkyl halides is 3. The maximum absolute atomic E-state index is 12.2. The minimum absolute atomic E-state index is 0. The first-order chi connectivity index (χ1) is 6.32. The monoisotopic (exact) mass is 259 g/mol. The Hall–Kier alpha value is -0.450. The van der Waals surface area contributed by atoms with Gasteiger partial charge in [-0.3, -0.25) is 0 Å². The van der Waals surface area contributed by atoms with E-state index in [1.165, 1.54) is 18.2 Å². The normalized spacial score (nSPS) is 13.2. The van der Waals surface area contributed by atoms with E-state index in [1.54, 1.807) is 6.92 Å². The molecule has 1 rings (SSSR count). The summed E-state index contributed by atoms with van der Waals surface area (Å²) in [5, 5.41) is 0.294. The summed E-state index contributed by atoms with van der Waals surface area (Å²) in [5.74, 6) is 0. The molecule has 6 heteroatoms. The molecule has 1 nitrogen and oxygen atoms in total. The molecule has 0 bridgehead atoms. The van der Waals surface area contributed by atoms with Crippen molar-refractivity contribution in [1.29, 1.82) is 0 Å². The van der Waals surface area contributed by atoms with E-state index in [0.717, 1.165) is 5.56 Å². The van der Waals surface area contributed by atoms with Crippen LogP contribution in [-0.2, 0) is 0 Å². The minimum Gasteiger partial charge on any atom is -0.316 e. The van der Waals surface area contributed by atoms with Gasteiger partial charge in [0.05, 0.1) is 0 Å². The van der Waals surface area contributed by atoms with Crippen LogP contribution in [0.2, 0.25) is 5.02 Å². The van der Waals surface area contributed by atoms with Gasteiger partial charge in [-0.05, 0) is 24.1 Å². The highest BCUT2D eigenvalue weighted by Crippen LogP contribution is 2.32. The van der Waals surface area contributed by atoms with Gasteiger partial charge in [0.1, 0.15) is 6.04 Å². The number of hydrogen-bond acceptors (Lipinski definition) is 1. The van der Waals surface area contributed by atoms with Crippen molar-refractivity contribution < 1.29 is 13.2 Å². The molecule has 2 N–H and O–H groups in total. The lowest BCUT2D eigenvalue weighted by atomic mass is 10.1. The summed E-state index contributed by atoms with van der Waals surface area (Å²) < 4.78 is 36.6. The Kier molecular flexibility index (Phi) is 4.90. The number of halogens is 5. The topological polar surface area (TPSA) is 26.0 Å². The largest absolute Gasteiger partial charge is 0.407 e. The van der Waals surface area contributed by atoms with Crippen LogP contribution in [0.25, 0.3) is 0 Å². The van der Waals surface area contributed by atoms with Crippen molar-refractivity contribution in [3.05, 3.63) is 34.3 Å². The maximum Gasteiger partial charge on any atom is 0.407 e. The second-order valence-electron chi connectivity index (χ2n) is 3.03. The molecular formula is C9H10Cl2F3N. The van der Waals surface area contributed by atoms with Gasteiger partial charge in [0.2, 0.25) is 0 Å². The highest BCUT2D eigenvalue weighted by atomic mass is 35.5. The van der Waals surface area contributed by atoms with Gasteiger partial charge in [0, 0.05) is 5.02 Å². The van der Waals surface area contributed by atoms with Crippen LogP contribution < -0.4 is 5.73 Å². The molecule has 1 aromatic carbocycles. The van der Waals surface area contributed by atoms with Crippen molar-refractivity contribution in [2.75, 3.05) is 0 Å². The Morgan fingerprint density at radius 1 is 1.33 bits per heavy atom. The molecule has 0 saturated heterocycles. The van der Waals surface area contributed by atoms with Gasteiger partial charge >= 0.3 is 6.18 Å². The Morgan fingerprint density at radius 3 is 2.27 bits per heavy atom. The molecule has 1 aromatic rings. The molecule has 0 heterocycles. The maximum atomic E-state index is 12.2. The first kappa shape index (κ1) is 14.5. The Bertz CT molecular complexity index is 339. The average molecular weight is 260 g/mol. The molecule has 0 fully saturated rings. The van der Waals surface area contributed by atoms with E-state index in [9.17, 15) is 13.2 Å². The Balaban J connectivity index is 0.00000196. The first-order valence-corrected chi connectivity index (χ1v) is 4.28. The zero-order valence-corrected chi connectivity index (χ0v) is 9.38. The molecule has 15 heavy (non-hydrogen) atoms. The van der Waals surface area contributed by atoms with Gasteiger partial charge in [0.25, 0.3) is 0 Å². The van der Waals surface area contributed by atoms with E-state index in [-0.39, 0.29) is 18.0 Å². The van der Waals surface area contributed by atoms with Gasteiger partial charge < -0.3 is 5.73 Å². The molecule has 0 aliphatic carbocycles. The van der Waals surface area contributed by atoms with E-state index >= 15 is 0 Å². The average Bonchev–Trinajstić information content (AvgIpc) is 2.07. The van der Waals surface area contributed by atoms with E-state index < -0.39 is 12.2 Å². The fraction of sp³-hybridized carbons (Fsp3) is 0.333. The van der Waals surface area contributed by atoms with Crippen molar-refractivity contribution in [3.8, 4) is 0 Å². The fourth-order valence-electron chi connectivity index (χ4n) is 0.992. The van der Waals surface area contributed by atoms with Crippen LogP contribution >= 0.6 is 24.0 Å². The smallest absolute Gasteiger partial charge is 0.316 e. The van der Waals surface area contributed by atoms with Crippen LogP contribution in [0.1, 0.15) is 17.2 Å². The van der Waals surface area contributed by atoms with Gasteiger partial charge in [-0.15, -0.1) is 12.4 Å². The molecule has 1 atom stereocenters. The summed E-state index contributed by atoms with van der Waals surface area (Å²) >= 11 is 5.69. The molecule has 0 saturated carbocycles. The number of aryl methyl sites for hydroxylation is 1. The van der Waals surface area contributed by atoms with Crippen LogP contribution in [0, 0.1) is 6.92 Å². The zero-order chi connectivity index (χ0) is 10.9. The third-order valence-electron chi connectivity index (χ3n) is 1.91. The van der Waals surface area contributed by atoms with Crippen LogP contribution in [0.5, 0.6) is 0 Å². The van der Waals surface area contributed by atoms with E-state index in [0.29, 0.717) is 5.02 Å². The third-order valence-corrected chi connectivity index (χ3v) is 2.31. The van der Waals surface area contributed by atoms with E-state index in [1.807, 2.05) is 0 Å². The van der Waals surface area contributed by atoms with Crippen LogP contribution in [0.15, 0.2) is 18.2 Å². The van der Waals surface area contributed by atoms with Crippen molar-refractivity contribution in [3.63, 3.8) is 0 Å². The lowest BCUT2D eigenvalue weighted by Crippen LogP contribution is -2.28. The summed E-state index contributed by atoms with van der Waals surface area (Å²) in [6.07, 6.45) is -4.43. The van der Waals surface area contributed by atoms with Gasteiger partial charge in [-0.25, -0.2) is 0 Å². The number of rotatable bonds is 1. The molecule has 0 aliphatic rings. The summed E-state index contributed by atoms with van der Waals surface area (Å²) in [5.41, 5.74) is 5.71. The van der Waals surface area contributed by atoms with Gasteiger partial charge in [-0.1, -0.05) is 23.7 Å². The Labute approximate surface area is 96.8 Å². The SMILES string of the molecule is Cc1ccc([C@@H](N)C(F)(F)F)cc1Cl.Cl. The molecule has 86 valence electrons. The second kappa shape index (κ2) is 5.05. The zero-order valence-electron chi connectivity index (χ0n) is 7.81. The lowest BCUT2D eigenvalue weighted by Gasteiger charge is -2.16. The summed E-state index contributed by atoms with van der Waals surface area (Å²) in [6, 6.07) is 2.12. The standard InChI is InChI=1S/C9H9ClF3N.ClH/c1-5-2-3-6(4-7(5)10)8(14)9(11,12)13;/h2-4,8H,14H2,1H3;1H/t8-;/m1./s1. The third kappa shape index (κ3) is 3.55. The lowest BCUT2D eigenvalue weighted by molar-refractivity contribution is -0.149. The highest BCUT2D eigenvalue weighted by molar-refractivity contribution is 6.31. The Morgan fingerprint density at radius 2 is 1.87 bits per heavy atom. The predicted octanol–water partition coefficient (Wildman–Crippen LogP) is 3.63. The second-order valence-corrected chi connectivity index (χ2v) is 3.44. The van der Waals surface area contributed by atoms with Crippen LogP contribution in [0.3, 0.4) is 0 Å². The van der Waals surface area contributed by atoms with Crippen molar-refractivity contribution >= 4 is 24.0 Å². The quantitative estimate of drug-likeness (QED) is 0.819. The fourth-order valence-corrected chi connectivity index (χ4v) is 1.18. The molecule has 0 aromatic heterocycles. The summed E-state index contributed by atoms with van der Waals surface area (Å²) in [6.45, 7) is 1.71. The van der Waals surface area contributed by atoms with Gasteiger partial charge in [-0.2, -0.15) is 13.2 Å². The molecule has 0 amide bonds. The number of hydrogen-bond donors (Lipinski definition) is 1. The minimum atomic E-state index is -4.43. The highest BCUT2D eigenvalue weighted by Gasteiger charge is 2.37. The van der Waals surface area contributed by atoms with E-state index in [4.69, 9.17) is 17.3 Å². The molecular weight excluding hydrogens is 250 g/mol. The molecule has 0 radical (unpaired) electrons. The van der Waals surface area contributed by atoms with Crippen molar-refractivity contribution in [1.82, 2.24) is 0 Å². The predicted molar refractivity (Wildman–Crippen MR) is 56.4 cm³/mol. The van der Waals surface area contributed by atoms with Crippen LogP contribution in [-0.4, -0.2) is 6.18 Å². The molecule has 0 spiro atoms. The van der Waals surface area contributed by atoms with E-state index in [2.05, 4.69) is 0 Å². The summed E-state index contributed by atoms with van der Waals surface area (Å²) in [4.78, 5) is 0. The van der Waals surface area contributed by atoms with Gasteiger partial charge in [0.15, 0.2) is 0 Å². The number of benzene rings is 1. The first-order valence-electron chi connectivity index (χ1n) is 3.90. The number of nitrogens with two attached hydrogens (primary N) is 1. The summed E-state index contributed by atoms with van der Waals surface area (Å²) in [7, 11) is 0. The molecule has 0 unspecified atom stereocenters. The van der Waals surface area contributed by atoms with Crippen molar-refractivity contribution in [2.24, 2.45) is 5.73 Å². The van der Waals surface area contributed by atoms with Crippen molar-refractivity contribution in [2.45, 2.75) is 19.1 Å².